The van der Waals surface area contributed by atoms with Crippen LogP contribution in [-0.2, 0) is 6.42 Å². The van der Waals surface area contributed by atoms with Gasteiger partial charge in [-0.15, -0.1) is 0 Å². The maximum absolute atomic E-state index is 9.74. The summed E-state index contributed by atoms with van der Waals surface area (Å²) in [7, 11) is 1.61. The molecule has 0 spiro atoms. The second-order valence-electron chi connectivity index (χ2n) is 3.51. The predicted molar refractivity (Wildman–Crippen MR) is 56.2 cm³/mol. The van der Waals surface area contributed by atoms with E-state index in [1.54, 1.807) is 13.2 Å². The molecule has 1 heterocycles. The van der Waals surface area contributed by atoms with E-state index in [0.717, 1.165) is 29.0 Å². The summed E-state index contributed by atoms with van der Waals surface area (Å²) in [6.45, 7) is 0.860. The molecule has 4 nitrogen and oxygen atoms in total. The summed E-state index contributed by atoms with van der Waals surface area (Å²) in [4.78, 5) is 0. The molecule has 1 aliphatic rings. The predicted octanol–water partition coefficient (Wildman–Crippen LogP) is 0.622. The number of aliphatic hydroxyl groups is 1. The molecule has 82 valence electrons. The Morgan fingerprint density at radius 1 is 1.60 bits per heavy atom. The van der Waals surface area contributed by atoms with E-state index in [4.69, 9.17) is 15.2 Å². The van der Waals surface area contributed by atoms with Gasteiger partial charge in [-0.3, -0.25) is 0 Å². The summed E-state index contributed by atoms with van der Waals surface area (Å²) >= 11 is 0. The van der Waals surface area contributed by atoms with Crippen molar-refractivity contribution in [1.82, 2.24) is 0 Å². The van der Waals surface area contributed by atoms with Crippen molar-refractivity contribution < 1.29 is 14.6 Å². The molecule has 1 aromatic rings. The smallest absolute Gasteiger partial charge is 0.164 e. The number of rotatable bonds is 3. The maximum atomic E-state index is 9.74. The van der Waals surface area contributed by atoms with Gasteiger partial charge in [0.15, 0.2) is 11.5 Å². The molecule has 1 aromatic carbocycles. The van der Waals surface area contributed by atoms with Crippen LogP contribution in [0, 0.1) is 0 Å². The monoisotopic (exact) mass is 209 g/mol. The quantitative estimate of drug-likeness (QED) is 0.766. The summed E-state index contributed by atoms with van der Waals surface area (Å²) in [5.41, 5.74) is 7.32. The first-order valence-electron chi connectivity index (χ1n) is 4.98. The van der Waals surface area contributed by atoms with Crippen molar-refractivity contribution in [2.24, 2.45) is 5.73 Å². The van der Waals surface area contributed by atoms with E-state index in [-0.39, 0.29) is 6.54 Å². The number of hydrogen-bond acceptors (Lipinski definition) is 4. The van der Waals surface area contributed by atoms with Gasteiger partial charge in [-0.2, -0.15) is 0 Å². The zero-order valence-electron chi connectivity index (χ0n) is 8.69. The van der Waals surface area contributed by atoms with E-state index >= 15 is 0 Å². The van der Waals surface area contributed by atoms with Gasteiger partial charge >= 0.3 is 0 Å². The Morgan fingerprint density at radius 3 is 3.07 bits per heavy atom. The highest BCUT2D eigenvalue weighted by Gasteiger charge is 2.23. The highest BCUT2D eigenvalue weighted by Crippen LogP contribution is 2.39. The molecule has 0 aromatic heterocycles. The van der Waals surface area contributed by atoms with Crippen LogP contribution in [-0.4, -0.2) is 25.4 Å². The van der Waals surface area contributed by atoms with Crippen LogP contribution in [0.25, 0.3) is 0 Å². The molecule has 0 aliphatic carbocycles. The fourth-order valence-corrected chi connectivity index (χ4v) is 1.89. The molecule has 0 saturated carbocycles. The summed E-state index contributed by atoms with van der Waals surface area (Å²) < 4.78 is 10.7. The molecule has 4 heteroatoms. The largest absolute Gasteiger partial charge is 0.493 e. The van der Waals surface area contributed by atoms with Gasteiger partial charge in [-0.05, 0) is 11.6 Å². The fraction of sp³-hybridized carbons (Fsp3) is 0.455. The Hall–Kier alpha value is -1.26. The molecule has 1 atom stereocenters. The second-order valence-corrected chi connectivity index (χ2v) is 3.51. The number of hydrogen-bond donors (Lipinski definition) is 2. The Kier molecular flexibility index (Phi) is 2.79. The third-order valence-electron chi connectivity index (χ3n) is 2.66. The Bertz CT molecular complexity index is 365. The lowest BCUT2D eigenvalue weighted by molar-refractivity contribution is 0.185. The number of benzene rings is 1. The lowest BCUT2D eigenvalue weighted by atomic mass is 10.00. The van der Waals surface area contributed by atoms with Crippen molar-refractivity contribution in [3.05, 3.63) is 23.3 Å². The SMILES string of the molecule is COc1ccc(C(O)CN)c2c1OCC2. The first-order valence-corrected chi connectivity index (χ1v) is 4.98. The topological polar surface area (TPSA) is 64.7 Å². The lowest BCUT2D eigenvalue weighted by Gasteiger charge is -2.14. The van der Waals surface area contributed by atoms with E-state index in [0.29, 0.717) is 6.61 Å². The van der Waals surface area contributed by atoms with Crippen LogP contribution in [0.5, 0.6) is 11.5 Å². The fourth-order valence-electron chi connectivity index (χ4n) is 1.89. The lowest BCUT2D eigenvalue weighted by Crippen LogP contribution is -2.13. The normalized spacial score (nSPS) is 15.7. The molecule has 0 fully saturated rings. The van der Waals surface area contributed by atoms with Crippen molar-refractivity contribution in [2.75, 3.05) is 20.3 Å². The zero-order chi connectivity index (χ0) is 10.8. The van der Waals surface area contributed by atoms with Crippen LogP contribution in [0.4, 0.5) is 0 Å². The minimum Gasteiger partial charge on any atom is -0.493 e. The molecule has 0 bridgehead atoms. The molecule has 0 amide bonds. The minimum absolute atomic E-state index is 0.221. The average molecular weight is 209 g/mol. The molecular formula is C11H15NO3. The van der Waals surface area contributed by atoms with E-state index < -0.39 is 6.10 Å². The highest BCUT2D eigenvalue weighted by atomic mass is 16.5. The molecule has 3 N–H and O–H groups in total. The summed E-state index contributed by atoms with van der Waals surface area (Å²) in [5, 5.41) is 9.74. The van der Waals surface area contributed by atoms with Crippen LogP contribution in [0.2, 0.25) is 0 Å². The highest BCUT2D eigenvalue weighted by molar-refractivity contribution is 5.53. The number of fused-ring (bicyclic) bond motifs is 1. The van der Waals surface area contributed by atoms with E-state index in [1.807, 2.05) is 6.07 Å². The summed E-state index contributed by atoms with van der Waals surface area (Å²) in [5.74, 6) is 1.47. The molecular weight excluding hydrogens is 194 g/mol. The number of ether oxygens (including phenoxy) is 2. The maximum Gasteiger partial charge on any atom is 0.164 e. The second kappa shape index (κ2) is 4.08. The molecule has 2 rings (SSSR count). The van der Waals surface area contributed by atoms with Crippen LogP contribution >= 0.6 is 0 Å². The standard InChI is InChI=1S/C11H15NO3/c1-14-10-3-2-7(9(13)6-12)8-4-5-15-11(8)10/h2-3,9,13H,4-6,12H2,1H3. The van der Waals surface area contributed by atoms with Crippen molar-refractivity contribution in [2.45, 2.75) is 12.5 Å². The first kappa shape index (κ1) is 10.3. The molecule has 15 heavy (non-hydrogen) atoms. The van der Waals surface area contributed by atoms with Gasteiger partial charge in [0.25, 0.3) is 0 Å². The summed E-state index contributed by atoms with van der Waals surface area (Å²) in [6, 6.07) is 3.66. The number of nitrogens with two attached hydrogens (primary N) is 1. The van der Waals surface area contributed by atoms with Gasteiger partial charge in [-0.1, -0.05) is 6.07 Å². The Morgan fingerprint density at radius 2 is 2.40 bits per heavy atom. The molecule has 0 saturated heterocycles. The van der Waals surface area contributed by atoms with Crippen molar-refractivity contribution in [3.63, 3.8) is 0 Å². The Balaban J connectivity index is 2.47. The van der Waals surface area contributed by atoms with E-state index in [9.17, 15) is 5.11 Å². The Labute approximate surface area is 88.6 Å². The van der Waals surface area contributed by atoms with Crippen molar-refractivity contribution in [3.8, 4) is 11.5 Å². The third kappa shape index (κ3) is 1.66. The number of methoxy groups -OCH3 is 1. The van der Waals surface area contributed by atoms with Crippen molar-refractivity contribution in [1.29, 1.82) is 0 Å². The summed E-state index contributed by atoms with van der Waals surface area (Å²) in [6.07, 6.45) is 0.185. The average Bonchev–Trinajstić information content (AvgIpc) is 2.75. The van der Waals surface area contributed by atoms with Gasteiger partial charge in [-0.25, -0.2) is 0 Å². The van der Waals surface area contributed by atoms with Gasteiger partial charge in [0.2, 0.25) is 0 Å². The van der Waals surface area contributed by atoms with Crippen LogP contribution in [0.1, 0.15) is 17.2 Å². The van der Waals surface area contributed by atoms with Crippen LogP contribution < -0.4 is 15.2 Å². The van der Waals surface area contributed by atoms with Gasteiger partial charge in [0.05, 0.1) is 19.8 Å². The van der Waals surface area contributed by atoms with Gasteiger partial charge < -0.3 is 20.3 Å². The molecule has 0 radical (unpaired) electrons. The first-order chi connectivity index (χ1) is 7.27. The minimum atomic E-state index is -0.619. The van der Waals surface area contributed by atoms with Crippen LogP contribution in [0.3, 0.4) is 0 Å². The molecule has 1 aliphatic heterocycles. The molecule has 1 unspecified atom stereocenters. The number of aliphatic hydroxyl groups excluding tert-OH is 1. The van der Waals surface area contributed by atoms with E-state index in [2.05, 4.69) is 0 Å². The zero-order valence-corrected chi connectivity index (χ0v) is 8.69. The van der Waals surface area contributed by atoms with Gasteiger partial charge in [0.1, 0.15) is 0 Å². The van der Waals surface area contributed by atoms with Gasteiger partial charge in [0, 0.05) is 18.5 Å². The van der Waals surface area contributed by atoms with Crippen molar-refractivity contribution >= 4 is 0 Å². The third-order valence-corrected chi connectivity index (χ3v) is 2.66. The van der Waals surface area contributed by atoms with Crippen LogP contribution in [0.15, 0.2) is 12.1 Å². The van der Waals surface area contributed by atoms with E-state index in [1.165, 1.54) is 0 Å².